The molecule has 0 bridgehead atoms. The van der Waals surface area contributed by atoms with Crippen molar-refractivity contribution in [3.8, 4) is 0 Å². The molecule has 0 spiro atoms. The first-order valence-corrected chi connectivity index (χ1v) is 15.6. The lowest BCUT2D eigenvalue weighted by Gasteiger charge is -2.30. The molecular formula is C22H28FN10O9PS. The first kappa shape index (κ1) is 30.8. The molecule has 6 rings (SSSR count). The number of aromatic amines is 1. The number of nitrogen functional groups attached to an aromatic ring is 2. The molecule has 44 heavy (non-hydrogen) atoms. The van der Waals surface area contributed by atoms with Crippen LogP contribution in [0.25, 0.3) is 22.3 Å². The molecule has 0 aromatic carbocycles. The molecule has 0 radical (unpaired) electrons. The molecule has 19 nitrogen and oxygen atoms in total. The highest BCUT2D eigenvalue weighted by atomic mass is 32.5. The quantitative estimate of drug-likeness (QED) is 0.113. The van der Waals surface area contributed by atoms with Crippen LogP contribution >= 0.6 is 6.72 Å². The number of nitrogens with zero attached hydrogens (tertiary/aromatic N) is 7. The van der Waals surface area contributed by atoms with Crippen LogP contribution < -0.4 is 17.0 Å². The summed E-state index contributed by atoms with van der Waals surface area (Å²) < 4.78 is 46.6. The number of hydrogen-bond acceptors (Lipinski definition) is 16. The summed E-state index contributed by atoms with van der Waals surface area (Å²) in [4.78, 5) is 45.9. The Morgan fingerprint density at radius 3 is 2.57 bits per heavy atom. The normalized spacial score (nSPS) is 32.1. The van der Waals surface area contributed by atoms with E-state index in [1.807, 2.05) is 0 Å². The Morgan fingerprint density at radius 1 is 1.16 bits per heavy atom. The van der Waals surface area contributed by atoms with Gasteiger partial charge in [0.2, 0.25) is 5.95 Å². The number of aliphatic hydroxyl groups excluding tert-OH is 2. The number of nitrogens with one attached hydrogen (secondary N) is 1. The second kappa shape index (κ2) is 11.3. The third-order valence-corrected chi connectivity index (χ3v) is 9.02. The number of fused-ring (bicyclic) bond motifs is 2. The SMILES string of the molecule is CO[C@H]1[C@H](n2cnc3c(N)ncnc32)OC(C)(COP(O)(=S)O[C@@H]2[C@H](F)C(CO)O[C@H]2n2cnc3c(=O)[nH]c(N)nc32)[C@H]1O. The largest absolute Gasteiger partial charge is 0.394 e. The van der Waals surface area contributed by atoms with Crippen molar-refractivity contribution in [1.82, 2.24) is 39.0 Å². The Kier molecular flexibility index (Phi) is 7.89. The predicted octanol–water partition coefficient (Wildman–Crippen LogP) is -1.37. The molecule has 4 aromatic rings. The zero-order chi connectivity index (χ0) is 31.6. The van der Waals surface area contributed by atoms with Gasteiger partial charge in [0.05, 0.1) is 25.9 Å². The van der Waals surface area contributed by atoms with Crippen LogP contribution in [0.4, 0.5) is 16.2 Å². The molecule has 2 fully saturated rings. The van der Waals surface area contributed by atoms with Gasteiger partial charge in [-0.1, -0.05) is 0 Å². The lowest BCUT2D eigenvalue weighted by atomic mass is 9.98. The lowest BCUT2D eigenvalue weighted by molar-refractivity contribution is -0.114. The van der Waals surface area contributed by atoms with E-state index in [2.05, 4.69) is 29.9 Å². The second-order valence-corrected chi connectivity index (χ2v) is 13.1. The third kappa shape index (κ3) is 5.13. The molecule has 8 N–H and O–H groups in total. The van der Waals surface area contributed by atoms with Crippen molar-refractivity contribution in [2.75, 3.05) is 31.8 Å². The molecule has 4 aromatic heterocycles. The average molecular weight is 659 g/mol. The number of nitrogens with two attached hydrogens (primary N) is 2. The van der Waals surface area contributed by atoms with Gasteiger partial charge in [0, 0.05) is 7.11 Å². The van der Waals surface area contributed by atoms with Crippen molar-refractivity contribution in [2.24, 2.45) is 0 Å². The summed E-state index contributed by atoms with van der Waals surface area (Å²) in [6.07, 6.45) is -5.89. The van der Waals surface area contributed by atoms with Gasteiger partial charge in [-0.3, -0.25) is 23.4 Å². The molecule has 2 aliphatic heterocycles. The lowest BCUT2D eigenvalue weighted by Crippen LogP contribution is -2.44. The number of halogens is 1. The van der Waals surface area contributed by atoms with Crippen LogP contribution in [0.2, 0.25) is 0 Å². The fourth-order valence-corrected chi connectivity index (χ4v) is 6.72. The molecule has 2 aliphatic rings. The maximum absolute atomic E-state index is 15.5. The van der Waals surface area contributed by atoms with Crippen LogP contribution in [0.15, 0.2) is 23.8 Å². The van der Waals surface area contributed by atoms with Gasteiger partial charge in [-0.05, 0) is 18.7 Å². The molecule has 9 atom stereocenters. The summed E-state index contributed by atoms with van der Waals surface area (Å²) in [6, 6.07) is 0. The number of hydrogen-bond donors (Lipinski definition) is 6. The molecule has 2 saturated heterocycles. The minimum Gasteiger partial charge on any atom is -0.394 e. The minimum atomic E-state index is -4.31. The van der Waals surface area contributed by atoms with Gasteiger partial charge in [-0.25, -0.2) is 24.3 Å². The number of anilines is 2. The van der Waals surface area contributed by atoms with Crippen LogP contribution in [0.3, 0.4) is 0 Å². The van der Waals surface area contributed by atoms with E-state index in [-0.39, 0.29) is 22.9 Å². The van der Waals surface area contributed by atoms with E-state index in [1.165, 1.54) is 35.8 Å². The van der Waals surface area contributed by atoms with Gasteiger partial charge in [0.25, 0.3) is 5.56 Å². The molecule has 238 valence electrons. The van der Waals surface area contributed by atoms with Crippen molar-refractivity contribution in [3.63, 3.8) is 0 Å². The van der Waals surface area contributed by atoms with E-state index in [1.54, 1.807) is 0 Å². The monoisotopic (exact) mass is 658 g/mol. The highest BCUT2D eigenvalue weighted by molar-refractivity contribution is 8.07. The zero-order valence-electron chi connectivity index (χ0n) is 23.0. The van der Waals surface area contributed by atoms with Crippen LogP contribution in [0, 0.1) is 0 Å². The summed E-state index contributed by atoms with van der Waals surface area (Å²) >= 11 is 5.20. The van der Waals surface area contributed by atoms with Gasteiger partial charge in [-0.2, -0.15) is 4.98 Å². The van der Waals surface area contributed by atoms with E-state index < -0.39 is 74.1 Å². The van der Waals surface area contributed by atoms with E-state index in [0.717, 1.165) is 6.33 Å². The number of aromatic nitrogens is 8. The summed E-state index contributed by atoms with van der Waals surface area (Å²) in [6.45, 7) is -4.09. The van der Waals surface area contributed by atoms with E-state index >= 15 is 4.39 Å². The molecule has 3 unspecified atom stereocenters. The van der Waals surface area contributed by atoms with Crippen molar-refractivity contribution >= 4 is 52.6 Å². The van der Waals surface area contributed by atoms with Crippen LogP contribution in [0.1, 0.15) is 19.4 Å². The average Bonchev–Trinajstić information content (AvgIpc) is 3.72. The molecule has 6 heterocycles. The summed E-state index contributed by atoms with van der Waals surface area (Å²) in [5, 5.41) is 20.9. The highest BCUT2D eigenvalue weighted by Crippen LogP contribution is 2.52. The number of imidazole rings is 2. The Hall–Kier alpha value is -3.24. The summed E-state index contributed by atoms with van der Waals surface area (Å²) in [7, 11) is 1.37. The minimum absolute atomic E-state index is 0.0616. The van der Waals surface area contributed by atoms with E-state index in [9.17, 15) is 19.9 Å². The Bertz CT molecular complexity index is 1810. The number of alkyl halides is 1. The van der Waals surface area contributed by atoms with Gasteiger partial charge < -0.3 is 45.3 Å². The smallest absolute Gasteiger partial charge is 0.325 e. The number of H-pyrrole nitrogens is 1. The van der Waals surface area contributed by atoms with Crippen molar-refractivity contribution < 1.29 is 42.8 Å². The van der Waals surface area contributed by atoms with E-state index in [0.29, 0.717) is 11.2 Å². The van der Waals surface area contributed by atoms with Gasteiger partial charge >= 0.3 is 6.72 Å². The van der Waals surface area contributed by atoms with Crippen LogP contribution in [-0.4, -0.2) is 111 Å². The molecule has 0 aliphatic carbocycles. The number of rotatable bonds is 9. The standard InChI is InChI=1S/C22H28FN10O9PS/c1-22(14(35)13(38-2)20(41-22)32-6-28-10-15(24)26-5-27-16(10)32)4-39-43(37,44)42-12-9(23)8(3-34)40-19(12)33-7-29-11-17(33)30-21(25)31-18(11)36/h5-9,12-14,19-20,34-35H,3-4H2,1-2H3,(H,37,44)(H2,24,26,27)(H3,25,30,31,36)/t8?,9-,12-,13-,14+,19-,20-,22?,43?/m1/s1. The van der Waals surface area contributed by atoms with Crippen LogP contribution in [0.5, 0.6) is 0 Å². The maximum atomic E-state index is 15.5. The Labute approximate surface area is 251 Å². The van der Waals surface area contributed by atoms with Crippen molar-refractivity contribution in [3.05, 3.63) is 29.3 Å². The second-order valence-electron chi connectivity index (χ2n) is 10.3. The third-order valence-electron chi connectivity index (χ3n) is 7.48. The molecule has 22 heteroatoms. The molecule has 0 amide bonds. The molecular weight excluding hydrogens is 630 g/mol. The zero-order valence-corrected chi connectivity index (χ0v) is 24.7. The number of ether oxygens (including phenoxy) is 3. The molecule has 0 saturated carbocycles. The Balaban J connectivity index is 1.23. The highest BCUT2D eigenvalue weighted by Gasteiger charge is 2.55. The predicted molar refractivity (Wildman–Crippen MR) is 151 cm³/mol. The summed E-state index contributed by atoms with van der Waals surface area (Å²) in [5.41, 5.74) is 9.82. The van der Waals surface area contributed by atoms with Gasteiger partial charge in [0.1, 0.15) is 41.9 Å². The first-order chi connectivity index (χ1) is 20.9. The van der Waals surface area contributed by atoms with Crippen molar-refractivity contribution in [2.45, 2.75) is 55.6 Å². The number of aliphatic hydroxyl groups is 2. The van der Waals surface area contributed by atoms with Crippen LogP contribution in [-0.2, 0) is 35.1 Å². The first-order valence-electron chi connectivity index (χ1n) is 13.0. The maximum Gasteiger partial charge on any atom is 0.325 e. The fourth-order valence-electron chi connectivity index (χ4n) is 5.25. The Morgan fingerprint density at radius 2 is 1.86 bits per heavy atom. The number of methoxy groups -OCH3 is 1. The summed E-state index contributed by atoms with van der Waals surface area (Å²) in [5.74, 6) is -0.0921. The van der Waals surface area contributed by atoms with Gasteiger partial charge in [-0.15, -0.1) is 0 Å². The van der Waals surface area contributed by atoms with Crippen molar-refractivity contribution in [1.29, 1.82) is 0 Å². The van der Waals surface area contributed by atoms with Gasteiger partial charge in [0.15, 0.2) is 41.3 Å². The van der Waals surface area contributed by atoms with E-state index in [4.69, 9.17) is 46.5 Å². The topological polar surface area (TPSA) is 266 Å². The fraction of sp³-hybridized carbons (Fsp3) is 0.545.